The molecule has 0 saturated carbocycles. The van der Waals surface area contributed by atoms with E-state index in [1.165, 1.54) is 0 Å². The number of aliphatic hydroxyl groups is 2. The van der Waals surface area contributed by atoms with Crippen molar-refractivity contribution in [1.82, 2.24) is 0 Å². The highest BCUT2D eigenvalue weighted by atomic mass is 79.9. The van der Waals surface area contributed by atoms with Crippen LogP contribution in [0.2, 0.25) is 0 Å². The lowest BCUT2D eigenvalue weighted by atomic mass is 9.93. The van der Waals surface area contributed by atoms with Gasteiger partial charge in [-0.05, 0) is 24.6 Å². The molecule has 5 heteroatoms. The number of benzene rings is 1. The number of anilines is 1. The first-order valence-corrected chi connectivity index (χ1v) is 7.69. The fourth-order valence-corrected chi connectivity index (χ4v) is 3.23. The first-order valence-electron chi connectivity index (χ1n) is 6.90. The molecule has 0 radical (unpaired) electrons. The van der Waals surface area contributed by atoms with Crippen LogP contribution in [0, 0.1) is 0 Å². The highest BCUT2D eigenvalue weighted by Gasteiger charge is 2.31. The summed E-state index contributed by atoms with van der Waals surface area (Å²) >= 11 is 3.49. The number of nitrogens with zero attached hydrogens (tertiary/aromatic N) is 1. The standard InChI is InChI=1S/C15H22BrNO3/c1-11(18)13-4-3-12(9-14(13)16)17(2)10-15(19)5-7-20-8-6-15/h3-4,9,11,18-19H,5-8,10H2,1-2H3/t11-/m1/s1. The third-order valence-corrected chi connectivity index (χ3v) is 4.52. The van der Waals surface area contributed by atoms with E-state index in [0.717, 1.165) is 15.7 Å². The molecule has 1 heterocycles. The zero-order chi connectivity index (χ0) is 14.8. The molecule has 1 aromatic rings. The minimum absolute atomic E-state index is 0.497. The Morgan fingerprint density at radius 1 is 1.40 bits per heavy atom. The van der Waals surface area contributed by atoms with E-state index in [1.807, 2.05) is 30.1 Å². The minimum Gasteiger partial charge on any atom is -0.389 e. The van der Waals surface area contributed by atoms with E-state index >= 15 is 0 Å². The zero-order valence-electron chi connectivity index (χ0n) is 12.0. The van der Waals surface area contributed by atoms with Crippen LogP contribution in [0.15, 0.2) is 22.7 Å². The van der Waals surface area contributed by atoms with Crippen molar-refractivity contribution < 1.29 is 14.9 Å². The van der Waals surface area contributed by atoms with Crippen LogP contribution < -0.4 is 4.90 Å². The third kappa shape index (κ3) is 3.73. The first-order chi connectivity index (χ1) is 9.41. The van der Waals surface area contributed by atoms with E-state index in [2.05, 4.69) is 15.9 Å². The van der Waals surface area contributed by atoms with Gasteiger partial charge < -0.3 is 19.8 Å². The van der Waals surface area contributed by atoms with Crippen LogP contribution in [-0.2, 0) is 4.74 Å². The van der Waals surface area contributed by atoms with Gasteiger partial charge in [-0.25, -0.2) is 0 Å². The van der Waals surface area contributed by atoms with Crippen molar-refractivity contribution in [2.45, 2.75) is 31.5 Å². The zero-order valence-corrected chi connectivity index (χ0v) is 13.6. The summed E-state index contributed by atoms with van der Waals surface area (Å²) in [6, 6.07) is 5.86. The van der Waals surface area contributed by atoms with Crippen molar-refractivity contribution in [2.75, 3.05) is 31.7 Å². The summed E-state index contributed by atoms with van der Waals surface area (Å²) in [6.45, 7) is 3.56. The fraction of sp³-hybridized carbons (Fsp3) is 0.600. The molecule has 1 aromatic carbocycles. The molecular formula is C15H22BrNO3. The smallest absolute Gasteiger partial charge is 0.0865 e. The number of rotatable bonds is 4. The first kappa shape index (κ1) is 15.8. The molecule has 1 saturated heterocycles. The number of hydrogen-bond acceptors (Lipinski definition) is 4. The van der Waals surface area contributed by atoms with Gasteiger partial charge in [-0.3, -0.25) is 0 Å². The maximum absolute atomic E-state index is 10.5. The molecular weight excluding hydrogens is 322 g/mol. The summed E-state index contributed by atoms with van der Waals surface area (Å²) in [7, 11) is 1.97. The second kappa shape index (κ2) is 6.43. The Bertz CT molecular complexity index is 458. The number of hydrogen-bond donors (Lipinski definition) is 2. The molecule has 1 atom stereocenters. The molecule has 2 rings (SSSR count). The summed E-state index contributed by atoms with van der Waals surface area (Å²) in [5.74, 6) is 0. The normalized spacial score (nSPS) is 19.6. The number of halogens is 1. The molecule has 0 bridgehead atoms. The molecule has 0 amide bonds. The lowest BCUT2D eigenvalue weighted by Crippen LogP contribution is -2.45. The van der Waals surface area contributed by atoms with E-state index in [-0.39, 0.29) is 0 Å². The van der Waals surface area contributed by atoms with E-state index < -0.39 is 11.7 Å². The van der Waals surface area contributed by atoms with Crippen molar-refractivity contribution in [3.63, 3.8) is 0 Å². The average Bonchev–Trinajstić information content (AvgIpc) is 2.38. The predicted molar refractivity (Wildman–Crippen MR) is 83.0 cm³/mol. The van der Waals surface area contributed by atoms with E-state index in [1.54, 1.807) is 6.92 Å². The highest BCUT2D eigenvalue weighted by molar-refractivity contribution is 9.10. The van der Waals surface area contributed by atoms with Gasteiger partial charge in [0, 0.05) is 49.8 Å². The second-order valence-electron chi connectivity index (χ2n) is 5.57. The molecule has 1 aliphatic rings. The Hall–Kier alpha value is -0.620. The number of likely N-dealkylation sites (N-methyl/N-ethyl adjacent to an activating group) is 1. The van der Waals surface area contributed by atoms with Gasteiger partial charge in [0.2, 0.25) is 0 Å². The summed E-state index contributed by atoms with van der Waals surface area (Å²) in [5.41, 5.74) is 1.20. The van der Waals surface area contributed by atoms with Crippen LogP contribution in [0.5, 0.6) is 0 Å². The molecule has 1 fully saturated rings. The SMILES string of the molecule is C[C@@H](O)c1ccc(N(C)CC2(O)CCOCC2)cc1Br. The maximum Gasteiger partial charge on any atom is 0.0865 e. The Balaban J connectivity index is 2.09. The number of ether oxygens (including phenoxy) is 1. The van der Waals surface area contributed by atoms with Crippen LogP contribution in [0.1, 0.15) is 31.4 Å². The molecule has 4 nitrogen and oxygen atoms in total. The Morgan fingerprint density at radius 3 is 2.60 bits per heavy atom. The molecule has 0 spiro atoms. The lowest BCUT2D eigenvalue weighted by molar-refractivity contribution is -0.0572. The molecule has 1 aliphatic heterocycles. The average molecular weight is 344 g/mol. The fourth-order valence-electron chi connectivity index (χ4n) is 2.53. The molecule has 0 aromatic heterocycles. The van der Waals surface area contributed by atoms with E-state index in [4.69, 9.17) is 4.74 Å². The molecule has 0 unspecified atom stereocenters. The Kier molecular flexibility index (Phi) is 5.07. The van der Waals surface area contributed by atoms with Gasteiger partial charge >= 0.3 is 0 Å². The molecule has 2 N–H and O–H groups in total. The van der Waals surface area contributed by atoms with Crippen LogP contribution in [-0.4, -0.2) is 42.6 Å². The van der Waals surface area contributed by atoms with Gasteiger partial charge in [0.15, 0.2) is 0 Å². The van der Waals surface area contributed by atoms with Gasteiger partial charge in [-0.2, -0.15) is 0 Å². The Morgan fingerprint density at radius 2 is 2.05 bits per heavy atom. The molecule has 20 heavy (non-hydrogen) atoms. The molecule has 112 valence electrons. The van der Waals surface area contributed by atoms with Crippen molar-refractivity contribution in [3.8, 4) is 0 Å². The van der Waals surface area contributed by atoms with E-state index in [9.17, 15) is 10.2 Å². The maximum atomic E-state index is 10.5. The van der Waals surface area contributed by atoms with Gasteiger partial charge in [0.1, 0.15) is 0 Å². The van der Waals surface area contributed by atoms with Crippen LogP contribution in [0.25, 0.3) is 0 Å². The largest absolute Gasteiger partial charge is 0.389 e. The van der Waals surface area contributed by atoms with Gasteiger partial charge in [-0.15, -0.1) is 0 Å². The third-order valence-electron chi connectivity index (χ3n) is 3.83. The monoisotopic (exact) mass is 343 g/mol. The summed E-state index contributed by atoms with van der Waals surface area (Å²) in [5, 5.41) is 20.2. The van der Waals surface area contributed by atoms with Gasteiger partial charge in [0.25, 0.3) is 0 Å². The predicted octanol–water partition coefficient (Wildman–Crippen LogP) is 2.48. The summed E-state index contributed by atoms with van der Waals surface area (Å²) in [6.07, 6.45) is 0.845. The topological polar surface area (TPSA) is 52.9 Å². The summed E-state index contributed by atoms with van der Waals surface area (Å²) < 4.78 is 6.18. The quantitative estimate of drug-likeness (QED) is 0.881. The van der Waals surface area contributed by atoms with Crippen molar-refractivity contribution in [2.24, 2.45) is 0 Å². The van der Waals surface area contributed by atoms with Crippen LogP contribution >= 0.6 is 15.9 Å². The van der Waals surface area contributed by atoms with Crippen molar-refractivity contribution >= 4 is 21.6 Å². The van der Waals surface area contributed by atoms with Gasteiger partial charge in [0.05, 0.1) is 11.7 Å². The highest BCUT2D eigenvalue weighted by Crippen LogP contribution is 2.29. The van der Waals surface area contributed by atoms with E-state index in [0.29, 0.717) is 32.6 Å². The van der Waals surface area contributed by atoms with Gasteiger partial charge in [-0.1, -0.05) is 22.0 Å². The number of aliphatic hydroxyl groups excluding tert-OH is 1. The minimum atomic E-state index is -0.678. The van der Waals surface area contributed by atoms with Crippen LogP contribution in [0.3, 0.4) is 0 Å². The molecule has 0 aliphatic carbocycles. The Labute approximate surface area is 128 Å². The van der Waals surface area contributed by atoms with Crippen molar-refractivity contribution in [1.29, 1.82) is 0 Å². The van der Waals surface area contributed by atoms with Crippen LogP contribution in [0.4, 0.5) is 5.69 Å². The summed E-state index contributed by atoms with van der Waals surface area (Å²) in [4.78, 5) is 2.04. The van der Waals surface area contributed by atoms with Crippen molar-refractivity contribution in [3.05, 3.63) is 28.2 Å². The lowest BCUT2D eigenvalue weighted by Gasteiger charge is -2.36. The second-order valence-corrected chi connectivity index (χ2v) is 6.43.